The highest BCUT2D eigenvalue weighted by Gasteiger charge is 2.22. The monoisotopic (exact) mass is 379 g/mol. The number of fused-ring (bicyclic) bond motifs is 1. The highest BCUT2D eigenvalue weighted by Crippen LogP contribution is 2.23. The molecule has 0 amide bonds. The number of aryl methyl sites for hydroxylation is 1. The molecule has 0 aliphatic carbocycles. The molecule has 3 aromatic rings. The van der Waals surface area contributed by atoms with Gasteiger partial charge in [-0.15, -0.1) is 12.4 Å². The van der Waals surface area contributed by atoms with Gasteiger partial charge in [-0.1, -0.05) is 36.4 Å². The Morgan fingerprint density at radius 2 is 1.93 bits per heavy atom. The lowest BCUT2D eigenvalue weighted by Crippen LogP contribution is -2.23. The molecular weight excluding hydrogens is 354 g/mol. The first-order valence-corrected chi connectivity index (χ1v) is 9.57. The summed E-state index contributed by atoms with van der Waals surface area (Å²) in [5.74, 6) is 0.702. The molecule has 1 atom stereocenters. The molecule has 0 radical (unpaired) electrons. The molecule has 4 rings (SSSR count). The topological polar surface area (TPSA) is 32.0 Å². The van der Waals surface area contributed by atoms with Crippen molar-refractivity contribution in [2.24, 2.45) is 5.92 Å². The first-order chi connectivity index (χ1) is 12.8. The maximum absolute atomic E-state index is 9.14. The van der Waals surface area contributed by atoms with E-state index in [2.05, 4.69) is 64.2 Å². The third-order valence-corrected chi connectivity index (χ3v) is 5.51. The van der Waals surface area contributed by atoms with Crippen LogP contribution in [0.25, 0.3) is 10.9 Å². The second-order valence-electron chi connectivity index (χ2n) is 7.40. The normalized spacial score (nSPS) is 16.9. The molecule has 1 saturated heterocycles. The minimum atomic E-state index is 0. The quantitative estimate of drug-likeness (QED) is 0.610. The number of halogens is 1. The smallest absolute Gasteiger partial charge is 0.0992 e. The second kappa shape index (κ2) is 9.08. The summed E-state index contributed by atoms with van der Waals surface area (Å²) in [5.41, 5.74) is 3.37. The molecule has 3 nitrogen and oxygen atoms in total. The molecule has 0 bridgehead atoms. The van der Waals surface area contributed by atoms with Crippen LogP contribution < -0.4 is 0 Å². The number of nitriles is 1. The first kappa shape index (κ1) is 19.5. The van der Waals surface area contributed by atoms with Gasteiger partial charge < -0.3 is 9.47 Å². The van der Waals surface area contributed by atoms with E-state index in [-0.39, 0.29) is 12.4 Å². The van der Waals surface area contributed by atoms with Crippen LogP contribution in [0.4, 0.5) is 0 Å². The van der Waals surface area contributed by atoms with Crippen LogP contribution in [0, 0.1) is 17.2 Å². The number of nitrogens with zero attached hydrogens (tertiary/aromatic N) is 3. The highest BCUT2D eigenvalue weighted by molar-refractivity contribution is 5.85. The third kappa shape index (κ3) is 4.71. The maximum atomic E-state index is 9.14. The van der Waals surface area contributed by atoms with Crippen LogP contribution >= 0.6 is 12.4 Å². The van der Waals surface area contributed by atoms with Crippen molar-refractivity contribution in [2.45, 2.75) is 25.8 Å². The number of benzene rings is 2. The van der Waals surface area contributed by atoms with Gasteiger partial charge in [0.05, 0.1) is 11.6 Å². The van der Waals surface area contributed by atoms with E-state index in [9.17, 15) is 0 Å². The van der Waals surface area contributed by atoms with Gasteiger partial charge >= 0.3 is 0 Å². The van der Waals surface area contributed by atoms with Crippen LogP contribution in [0.3, 0.4) is 0 Å². The van der Waals surface area contributed by atoms with Crippen molar-refractivity contribution in [3.63, 3.8) is 0 Å². The minimum Gasteiger partial charge on any atom is -0.347 e. The SMILES string of the molecule is Cl.N#Cc1ccc2ccn(CC3CCN(CCCc4ccccc4)C3)c2c1. The van der Waals surface area contributed by atoms with Gasteiger partial charge in [-0.3, -0.25) is 0 Å². The Bertz CT molecular complexity index is 910. The second-order valence-corrected chi connectivity index (χ2v) is 7.40. The largest absolute Gasteiger partial charge is 0.347 e. The van der Waals surface area contributed by atoms with Crippen LogP contribution in [0.1, 0.15) is 24.0 Å². The summed E-state index contributed by atoms with van der Waals surface area (Å²) in [6.45, 7) is 4.64. The van der Waals surface area contributed by atoms with Crippen molar-refractivity contribution in [2.75, 3.05) is 19.6 Å². The summed E-state index contributed by atoms with van der Waals surface area (Å²) >= 11 is 0. The Hall–Kier alpha value is -2.28. The maximum Gasteiger partial charge on any atom is 0.0992 e. The summed E-state index contributed by atoms with van der Waals surface area (Å²) in [5, 5.41) is 10.4. The van der Waals surface area contributed by atoms with Crippen LogP contribution in [-0.4, -0.2) is 29.1 Å². The van der Waals surface area contributed by atoms with Crippen molar-refractivity contribution in [1.82, 2.24) is 9.47 Å². The van der Waals surface area contributed by atoms with Gasteiger partial charge in [0.15, 0.2) is 0 Å². The Kier molecular flexibility index (Phi) is 6.55. The lowest BCUT2D eigenvalue weighted by Gasteiger charge is -2.16. The lowest BCUT2D eigenvalue weighted by molar-refractivity contribution is 0.313. The number of hydrogen-bond donors (Lipinski definition) is 0. The molecule has 2 heterocycles. The molecule has 27 heavy (non-hydrogen) atoms. The Morgan fingerprint density at radius 1 is 1.07 bits per heavy atom. The van der Waals surface area contributed by atoms with Gasteiger partial charge in [-0.25, -0.2) is 0 Å². The van der Waals surface area contributed by atoms with Crippen molar-refractivity contribution >= 4 is 23.3 Å². The van der Waals surface area contributed by atoms with Crippen LogP contribution in [0.2, 0.25) is 0 Å². The molecule has 0 spiro atoms. The fraction of sp³-hybridized carbons (Fsp3) is 0.348. The summed E-state index contributed by atoms with van der Waals surface area (Å²) in [4.78, 5) is 2.61. The molecule has 1 fully saturated rings. The molecule has 0 N–H and O–H groups in total. The van der Waals surface area contributed by atoms with E-state index >= 15 is 0 Å². The molecular formula is C23H26ClN3. The van der Waals surface area contributed by atoms with Gasteiger partial charge in [-0.2, -0.15) is 5.26 Å². The van der Waals surface area contributed by atoms with Gasteiger partial charge in [0.2, 0.25) is 0 Å². The predicted octanol–water partition coefficient (Wildman–Crippen LogP) is 4.89. The van der Waals surface area contributed by atoms with E-state index in [4.69, 9.17) is 5.26 Å². The van der Waals surface area contributed by atoms with E-state index in [1.807, 2.05) is 12.1 Å². The van der Waals surface area contributed by atoms with E-state index in [0.717, 1.165) is 12.1 Å². The van der Waals surface area contributed by atoms with Crippen LogP contribution in [0.5, 0.6) is 0 Å². The Morgan fingerprint density at radius 3 is 2.74 bits per heavy atom. The lowest BCUT2D eigenvalue weighted by atomic mass is 10.1. The fourth-order valence-electron chi connectivity index (χ4n) is 4.11. The summed E-state index contributed by atoms with van der Waals surface area (Å²) in [6, 6.07) is 21.1. The average Bonchev–Trinajstić information content (AvgIpc) is 3.30. The molecule has 4 heteroatoms. The van der Waals surface area contributed by atoms with Crippen molar-refractivity contribution in [3.8, 4) is 6.07 Å². The molecule has 0 saturated carbocycles. The van der Waals surface area contributed by atoms with Crippen LogP contribution in [-0.2, 0) is 13.0 Å². The van der Waals surface area contributed by atoms with E-state index in [0.29, 0.717) is 5.92 Å². The standard InChI is InChI=1S/C23H25N3.ClH/c24-16-20-8-9-22-11-14-26(23(22)15-20)18-21-10-13-25(17-21)12-4-7-19-5-2-1-3-6-19;/h1-3,5-6,8-9,11,14-15,21H,4,7,10,12-13,17-18H2;1H. The number of likely N-dealkylation sites (tertiary alicyclic amines) is 1. The molecule has 1 aliphatic heterocycles. The molecule has 1 aromatic heterocycles. The average molecular weight is 380 g/mol. The number of rotatable bonds is 6. The predicted molar refractivity (Wildman–Crippen MR) is 113 cm³/mol. The van der Waals surface area contributed by atoms with Crippen LogP contribution in [0.15, 0.2) is 60.8 Å². The van der Waals surface area contributed by atoms with Crippen molar-refractivity contribution in [1.29, 1.82) is 5.26 Å². The number of aromatic nitrogens is 1. The van der Waals surface area contributed by atoms with Gasteiger partial charge in [-0.05, 0) is 67.4 Å². The van der Waals surface area contributed by atoms with Gasteiger partial charge in [0.1, 0.15) is 0 Å². The van der Waals surface area contributed by atoms with Gasteiger partial charge in [0.25, 0.3) is 0 Å². The van der Waals surface area contributed by atoms with Gasteiger partial charge in [0, 0.05) is 24.8 Å². The molecule has 140 valence electrons. The van der Waals surface area contributed by atoms with Crippen molar-refractivity contribution in [3.05, 3.63) is 71.9 Å². The minimum absolute atomic E-state index is 0. The molecule has 2 aromatic carbocycles. The van der Waals surface area contributed by atoms with E-state index in [1.54, 1.807) is 0 Å². The first-order valence-electron chi connectivity index (χ1n) is 9.57. The Balaban J connectivity index is 0.00000210. The number of hydrogen-bond acceptors (Lipinski definition) is 2. The highest BCUT2D eigenvalue weighted by atomic mass is 35.5. The van der Waals surface area contributed by atoms with E-state index in [1.165, 1.54) is 55.4 Å². The third-order valence-electron chi connectivity index (χ3n) is 5.51. The van der Waals surface area contributed by atoms with E-state index < -0.39 is 0 Å². The van der Waals surface area contributed by atoms with Crippen molar-refractivity contribution < 1.29 is 0 Å². The summed E-state index contributed by atoms with van der Waals surface area (Å²) in [7, 11) is 0. The Labute approximate surface area is 167 Å². The zero-order chi connectivity index (χ0) is 17.8. The molecule has 1 unspecified atom stereocenters. The summed E-state index contributed by atoms with van der Waals surface area (Å²) in [6.07, 6.45) is 5.84. The zero-order valence-electron chi connectivity index (χ0n) is 15.6. The fourth-order valence-corrected chi connectivity index (χ4v) is 4.11. The summed E-state index contributed by atoms with van der Waals surface area (Å²) < 4.78 is 2.33. The molecule has 1 aliphatic rings. The zero-order valence-corrected chi connectivity index (χ0v) is 16.4.